The molecule has 0 atom stereocenters. The molecule has 0 aliphatic carbocycles. The second-order valence-electron chi connectivity index (χ2n) is 6.11. The van der Waals surface area contributed by atoms with Crippen LogP contribution in [0.1, 0.15) is 31.3 Å². The predicted molar refractivity (Wildman–Crippen MR) is 85.6 cm³/mol. The van der Waals surface area contributed by atoms with Gasteiger partial charge in [-0.25, -0.2) is 9.78 Å². The van der Waals surface area contributed by atoms with Crippen LogP contribution in [0.25, 0.3) is 0 Å². The normalized spacial score (nSPS) is 15.6. The van der Waals surface area contributed by atoms with Crippen LogP contribution in [-0.4, -0.2) is 58.6 Å². The summed E-state index contributed by atoms with van der Waals surface area (Å²) in [6, 6.07) is 5.24. The number of pyridine rings is 1. The summed E-state index contributed by atoms with van der Waals surface area (Å²) in [5.74, 6) is -0.120. The number of rotatable bonds is 1. The van der Waals surface area contributed by atoms with Crippen LogP contribution >= 0.6 is 15.9 Å². The van der Waals surface area contributed by atoms with Crippen LogP contribution in [0.15, 0.2) is 22.8 Å². The number of piperazine rings is 1. The van der Waals surface area contributed by atoms with Crippen molar-refractivity contribution in [3.8, 4) is 0 Å². The summed E-state index contributed by atoms with van der Waals surface area (Å²) < 4.78 is 5.97. The summed E-state index contributed by atoms with van der Waals surface area (Å²) in [4.78, 5) is 31.9. The summed E-state index contributed by atoms with van der Waals surface area (Å²) in [7, 11) is 0. The molecule has 0 aromatic carbocycles. The first-order valence-corrected chi connectivity index (χ1v) is 7.95. The predicted octanol–water partition coefficient (Wildman–Crippen LogP) is 2.54. The molecule has 0 spiro atoms. The third-order valence-electron chi connectivity index (χ3n) is 3.15. The monoisotopic (exact) mass is 369 g/mol. The van der Waals surface area contributed by atoms with Crippen molar-refractivity contribution in [2.24, 2.45) is 0 Å². The molecule has 6 nitrogen and oxygen atoms in total. The summed E-state index contributed by atoms with van der Waals surface area (Å²) in [6.45, 7) is 7.40. The van der Waals surface area contributed by atoms with E-state index in [9.17, 15) is 9.59 Å². The zero-order chi connectivity index (χ0) is 16.3. The fraction of sp³-hybridized carbons (Fsp3) is 0.533. The molecule has 0 N–H and O–H groups in total. The Morgan fingerprint density at radius 1 is 1.14 bits per heavy atom. The van der Waals surface area contributed by atoms with Crippen LogP contribution in [0.3, 0.4) is 0 Å². The van der Waals surface area contributed by atoms with Crippen LogP contribution in [-0.2, 0) is 4.74 Å². The van der Waals surface area contributed by atoms with Crippen LogP contribution in [0, 0.1) is 0 Å². The van der Waals surface area contributed by atoms with E-state index in [1.165, 1.54) is 0 Å². The average Bonchev–Trinajstić information content (AvgIpc) is 2.45. The minimum absolute atomic E-state index is 0.120. The minimum Gasteiger partial charge on any atom is -0.444 e. The molecule has 0 saturated carbocycles. The highest BCUT2D eigenvalue weighted by Gasteiger charge is 2.28. The number of carbonyl (C=O) groups is 2. The van der Waals surface area contributed by atoms with Crippen LogP contribution in [0.2, 0.25) is 0 Å². The number of carbonyl (C=O) groups excluding carboxylic acids is 2. The average molecular weight is 370 g/mol. The molecule has 2 rings (SSSR count). The van der Waals surface area contributed by atoms with E-state index in [4.69, 9.17) is 4.74 Å². The third-order valence-corrected chi connectivity index (χ3v) is 3.59. The number of nitrogens with zero attached hydrogens (tertiary/aromatic N) is 3. The standard InChI is InChI=1S/C15H20BrN3O3/c1-15(2,3)22-14(21)19-9-7-18(8-10-19)13(20)11-5-4-6-12(16)17-11/h4-6H,7-10H2,1-3H3. The molecule has 1 saturated heterocycles. The minimum atomic E-state index is -0.510. The van der Waals surface area contributed by atoms with Gasteiger partial charge in [-0.05, 0) is 48.8 Å². The first-order valence-electron chi connectivity index (χ1n) is 7.16. The molecule has 1 aromatic rings. The zero-order valence-electron chi connectivity index (χ0n) is 13.0. The van der Waals surface area contributed by atoms with Crippen molar-refractivity contribution >= 4 is 27.9 Å². The van der Waals surface area contributed by atoms with E-state index in [0.717, 1.165) is 0 Å². The summed E-state index contributed by atoms with van der Waals surface area (Å²) in [5.41, 5.74) is -0.107. The van der Waals surface area contributed by atoms with Crippen LogP contribution < -0.4 is 0 Å². The van der Waals surface area contributed by atoms with Crippen LogP contribution in [0.5, 0.6) is 0 Å². The highest BCUT2D eigenvalue weighted by molar-refractivity contribution is 9.10. The van der Waals surface area contributed by atoms with E-state index < -0.39 is 5.60 Å². The lowest BCUT2D eigenvalue weighted by molar-refractivity contribution is 0.0140. The van der Waals surface area contributed by atoms with Gasteiger partial charge in [0.25, 0.3) is 5.91 Å². The lowest BCUT2D eigenvalue weighted by atomic mass is 10.2. The number of amides is 2. The maximum absolute atomic E-state index is 12.4. The largest absolute Gasteiger partial charge is 0.444 e. The van der Waals surface area contributed by atoms with Crippen molar-refractivity contribution in [2.75, 3.05) is 26.2 Å². The number of hydrogen-bond acceptors (Lipinski definition) is 4. The molecule has 2 heterocycles. The molecule has 0 radical (unpaired) electrons. The molecule has 0 bridgehead atoms. The zero-order valence-corrected chi connectivity index (χ0v) is 14.6. The first kappa shape index (κ1) is 16.7. The van der Waals surface area contributed by atoms with E-state index in [0.29, 0.717) is 36.5 Å². The summed E-state index contributed by atoms with van der Waals surface area (Å²) >= 11 is 3.26. The fourth-order valence-electron chi connectivity index (χ4n) is 2.11. The Hall–Kier alpha value is -1.63. The van der Waals surface area contributed by atoms with Gasteiger partial charge in [0, 0.05) is 26.2 Å². The maximum Gasteiger partial charge on any atom is 0.410 e. The second-order valence-corrected chi connectivity index (χ2v) is 6.92. The van der Waals surface area contributed by atoms with E-state index in [1.807, 2.05) is 20.8 Å². The molecule has 120 valence electrons. The Morgan fingerprint density at radius 3 is 2.27 bits per heavy atom. The molecule has 7 heteroatoms. The lowest BCUT2D eigenvalue weighted by Crippen LogP contribution is -2.51. The molecular weight excluding hydrogens is 350 g/mol. The Balaban J connectivity index is 1.92. The molecular formula is C15H20BrN3O3. The van der Waals surface area contributed by atoms with E-state index >= 15 is 0 Å². The Bertz CT molecular complexity index is 563. The van der Waals surface area contributed by atoms with Gasteiger partial charge in [-0.1, -0.05) is 6.07 Å². The van der Waals surface area contributed by atoms with E-state index in [2.05, 4.69) is 20.9 Å². The SMILES string of the molecule is CC(C)(C)OC(=O)N1CCN(C(=O)c2cccc(Br)n2)CC1. The van der Waals surface area contributed by atoms with Crippen molar-refractivity contribution in [2.45, 2.75) is 26.4 Å². The Labute approximate surface area is 138 Å². The highest BCUT2D eigenvalue weighted by Crippen LogP contribution is 2.14. The van der Waals surface area contributed by atoms with Crippen molar-refractivity contribution < 1.29 is 14.3 Å². The topological polar surface area (TPSA) is 62.7 Å². The molecule has 1 aliphatic rings. The van der Waals surface area contributed by atoms with Gasteiger partial charge in [0.1, 0.15) is 15.9 Å². The van der Waals surface area contributed by atoms with Crippen molar-refractivity contribution in [3.05, 3.63) is 28.5 Å². The van der Waals surface area contributed by atoms with Crippen molar-refractivity contribution in [1.82, 2.24) is 14.8 Å². The van der Waals surface area contributed by atoms with Gasteiger partial charge >= 0.3 is 6.09 Å². The van der Waals surface area contributed by atoms with Gasteiger partial charge in [0.2, 0.25) is 0 Å². The van der Waals surface area contributed by atoms with E-state index in [-0.39, 0.29) is 12.0 Å². The second kappa shape index (κ2) is 6.64. The number of aromatic nitrogens is 1. The molecule has 22 heavy (non-hydrogen) atoms. The highest BCUT2D eigenvalue weighted by atomic mass is 79.9. The maximum atomic E-state index is 12.4. The summed E-state index contributed by atoms with van der Waals surface area (Å²) in [5, 5.41) is 0. The third kappa shape index (κ3) is 4.43. The number of ether oxygens (including phenoxy) is 1. The molecule has 2 amide bonds. The fourth-order valence-corrected chi connectivity index (χ4v) is 2.45. The van der Waals surface area contributed by atoms with Gasteiger partial charge < -0.3 is 14.5 Å². The van der Waals surface area contributed by atoms with E-state index in [1.54, 1.807) is 28.0 Å². The van der Waals surface area contributed by atoms with Crippen molar-refractivity contribution in [3.63, 3.8) is 0 Å². The Morgan fingerprint density at radius 2 is 1.73 bits per heavy atom. The smallest absolute Gasteiger partial charge is 0.410 e. The van der Waals surface area contributed by atoms with Gasteiger partial charge in [-0.2, -0.15) is 0 Å². The Kier molecular flexibility index (Phi) is 5.05. The van der Waals surface area contributed by atoms with Gasteiger partial charge in [0.15, 0.2) is 0 Å². The van der Waals surface area contributed by atoms with Gasteiger partial charge in [0.05, 0.1) is 0 Å². The molecule has 1 aromatic heterocycles. The molecule has 1 aliphatic heterocycles. The van der Waals surface area contributed by atoms with Gasteiger partial charge in [-0.15, -0.1) is 0 Å². The number of halogens is 1. The lowest BCUT2D eigenvalue weighted by Gasteiger charge is -2.35. The molecule has 0 unspecified atom stereocenters. The molecule has 1 fully saturated rings. The quantitative estimate of drug-likeness (QED) is 0.713. The summed E-state index contributed by atoms with van der Waals surface area (Å²) in [6.07, 6.45) is -0.333. The van der Waals surface area contributed by atoms with Crippen molar-refractivity contribution in [1.29, 1.82) is 0 Å². The van der Waals surface area contributed by atoms with Gasteiger partial charge in [-0.3, -0.25) is 4.79 Å². The van der Waals surface area contributed by atoms with Crippen LogP contribution in [0.4, 0.5) is 4.79 Å². The number of hydrogen-bond donors (Lipinski definition) is 0. The first-order chi connectivity index (χ1) is 10.3.